The van der Waals surface area contributed by atoms with Crippen molar-refractivity contribution in [3.05, 3.63) is 84.1 Å². The number of nitrogens with one attached hydrogen (secondary N) is 3. The summed E-state index contributed by atoms with van der Waals surface area (Å²) in [6.07, 6.45) is 8.90. The quantitative estimate of drug-likeness (QED) is 0.186. The van der Waals surface area contributed by atoms with Crippen LogP contribution in [0.3, 0.4) is 0 Å². The third-order valence-corrected chi connectivity index (χ3v) is 7.03. The summed E-state index contributed by atoms with van der Waals surface area (Å²) in [6, 6.07) is 14.1. The van der Waals surface area contributed by atoms with Crippen molar-refractivity contribution >= 4 is 45.2 Å². The SMILES string of the molecule is COCCC(=O)Nc1c(C(=O)OC)n(CCc2c[nH]c3ccccc23)c2ncc(N[C@@H](C)Cc3cccnc3)cc12. The van der Waals surface area contributed by atoms with E-state index in [0.29, 0.717) is 29.7 Å². The fraction of sp³-hybridized carbons (Fsp3) is 0.290. The number of esters is 1. The molecule has 4 heterocycles. The lowest BCUT2D eigenvalue weighted by Crippen LogP contribution is -2.18. The van der Waals surface area contributed by atoms with Gasteiger partial charge in [-0.3, -0.25) is 9.78 Å². The summed E-state index contributed by atoms with van der Waals surface area (Å²) in [5.74, 6) is -0.820. The maximum atomic E-state index is 13.2. The summed E-state index contributed by atoms with van der Waals surface area (Å²) < 4.78 is 12.1. The Kier molecular flexibility index (Phi) is 8.59. The molecule has 0 saturated carbocycles. The fourth-order valence-corrected chi connectivity index (χ4v) is 5.13. The topological polar surface area (TPSA) is 123 Å². The lowest BCUT2D eigenvalue weighted by Gasteiger charge is -2.15. The van der Waals surface area contributed by atoms with Crippen molar-refractivity contribution in [1.29, 1.82) is 0 Å². The molecule has 0 saturated heterocycles. The zero-order valence-electron chi connectivity index (χ0n) is 23.4. The van der Waals surface area contributed by atoms with Crippen molar-refractivity contribution in [2.24, 2.45) is 0 Å². The van der Waals surface area contributed by atoms with Crippen LogP contribution in [-0.2, 0) is 33.7 Å². The van der Waals surface area contributed by atoms with Crippen molar-refractivity contribution in [3.63, 3.8) is 0 Å². The van der Waals surface area contributed by atoms with E-state index in [-0.39, 0.29) is 30.7 Å². The second-order valence-electron chi connectivity index (χ2n) is 9.97. The second-order valence-corrected chi connectivity index (χ2v) is 9.97. The highest BCUT2D eigenvalue weighted by Gasteiger charge is 2.26. The first kappa shape index (κ1) is 27.9. The number of methoxy groups -OCH3 is 2. The van der Waals surface area contributed by atoms with Gasteiger partial charge in [0.05, 0.1) is 37.7 Å². The molecule has 212 valence electrons. The number of aromatic amines is 1. The van der Waals surface area contributed by atoms with E-state index >= 15 is 0 Å². The molecule has 1 atom stereocenters. The minimum Gasteiger partial charge on any atom is -0.464 e. The Morgan fingerprint density at radius 1 is 1.10 bits per heavy atom. The molecule has 1 amide bonds. The number of pyridine rings is 2. The number of H-pyrrole nitrogens is 1. The van der Waals surface area contributed by atoms with Gasteiger partial charge in [0.1, 0.15) is 5.65 Å². The number of aromatic nitrogens is 4. The average molecular weight is 555 g/mol. The first-order chi connectivity index (χ1) is 20.0. The van der Waals surface area contributed by atoms with Crippen molar-refractivity contribution in [2.45, 2.75) is 38.8 Å². The summed E-state index contributed by atoms with van der Waals surface area (Å²) >= 11 is 0. The second kappa shape index (κ2) is 12.6. The van der Waals surface area contributed by atoms with Crippen LogP contribution < -0.4 is 10.6 Å². The molecule has 41 heavy (non-hydrogen) atoms. The van der Waals surface area contributed by atoms with Crippen LogP contribution >= 0.6 is 0 Å². The van der Waals surface area contributed by atoms with Crippen molar-refractivity contribution < 1.29 is 19.1 Å². The number of fused-ring (bicyclic) bond motifs is 2. The van der Waals surface area contributed by atoms with Gasteiger partial charge in [0, 0.05) is 54.6 Å². The largest absolute Gasteiger partial charge is 0.464 e. The molecule has 0 radical (unpaired) electrons. The number of carbonyl (C=O) groups excluding carboxylic acids is 2. The third kappa shape index (κ3) is 6.22. The first-order valence-corrected chi connectivity index (χ1v) is 13.6. The Bertz CT molecular complexity index is 1660. The van der Waals surface area contributed by atoms with Crippen LogP contribution in [0.1, 0.15) is 35.0 Å². The van der Waals surface area contributed by atoms with Gasteiger partial charge < -0.3 is 29.7 Å². The van der Waals surface area contributed by atoms with Gasteiger partial charge in [0.25, 0.3) is 0 Å². The molecule has 0 spiro atoms. The van der Waals surface area contributed by atoms with Gasteiger partial charge >= 0.3 is 5.97 Å². The number of hydrogen-bond acceptors (Lipinski definition) is 7. The minimum absolute atomic E-state index is 0.0854. The number of carbonyl (C=O) groups is 2. The lowest BCUT2D eigenvalue weighted by molar-refractivity contribution is -0.117. The lowest BCUT2D eigenvalue weighted by atomic mass is 10.1. The molecule has 4 aromatic heterocycles. The van der Waals surface area contributed by atoms with E-state index in [1.54, 1.807) is 12.4 Å². The molecular formula is C31H34N6O4. The number of rotatable bonds is 12. The highest BCUT2D eigenvalue weighted by molar-refractivity contribution is 6.11. The van der Waals surface area contributed by atoms with Crippen LogP contribution in [0.2, 0.25) is 0 Å². The van der Waals surface area contributed by atoms with Crippen LogP contribution in [-0.4, -0.2) is 58.3 Å². The molecular weight excluding hydrogens is 520 g/mol. The van der Waals surface area contributed by atoms with Crippen LogP contribution in [0, 0.1) is 0 Å². The Labute approximate surface area is 238 Å². The summed E-state index contributed by atoms with van der Waals surface area (Å²) in [5, 5.41) is 8.21. The highest BCUT2D eigenvalue weighted by Crippen LogP contribution is 2.33. The van der Waals surface area contributed by atoms with Gasteiger partial charge in [0.2, 0.25) is 5.91 Å². The minimum atomic E-state index is -0.552. The molecule has 10 heteroatoms. The van der Waals surface area contributed by atoms with E-state index in [1.165, 1.54) is 14.2 Å². The van der Waals surface area contributed by atoms with Gasteiger partial charge in [-0.2, -0.15) is 0 Å². The van der Waals surface area contributed by atoms with E-state index in [0.717, 1.165) is 34.1 Å². The van der Waals surface area contributed by atoms with Crippen molar-refractivity contribution in [2.75, 3.05) is 31.5 Å². The fourth-order valence-electron chi connectivity index (χ4n) is 5.13. The van der Waals surface area contributed by atoms with Crippen molar-refractivity contribution in [3.8, 4) is 0 Å². The van der Waals surface area contributed by atoms with Gasteiger partial charge in [-0.05, 0) is 49.1 Å². The monoisotopic (exact) mass is 554 g/mol. The van der Waals surface area contributed by atoms with Gasteiger partial charge in [-0.25, -0.2) is 9.78 Å². The molecule has 5 rings (SSSR count). The number of aryl methyl sites for hydroxylation is 2. The molecule has 0 aliphatic rings. The molecule has 0 fully saturated rings. The Hall–Kier alpha value is -4.70. The number of nitrogens with zero attached hydrogens (tertiary/aromatic N) is 3. The Balaban J connectivity index is 1.52. The van der Waals surface area contributed by atoms with Gasteiger partial charge in [-0.15, -0.1) is 0 Å². The highest BCUT2D eigenvalue weighted by atomic mass is 16.5. The van der Waals surface area contributed by atoms with Crippen LogP contribution in [0.15, 0.2) is 67.3 Å². The number of ether oxygens (including phenoxy) is 2. The number of hydrogen-bond donors (Lipinski definition) is 3. The zero-order valence-corrected chi connectivity index (χ0v) is 23.4. The predicted octanol–water partition coefficient (Wildman–Crippen LogP) is 4.96. The molecule has 5 aromatic rings. The summed E-state index contributed by atoms with van der Waals surface area (Å²) in [4.78, 5) is 38.3. The van der Waals surface area contributed by atoms with E-state index in [1.807, 2.05) is 53.4 Å². The van der Waals surface area contributed by atoms with Crippen LogP contribution in [0.4, 0.5) is 11.4 Å². The predicted molar refractivity (Wildman–Crippen MR) is 159 cm³/mol. The molecule has 0 bridgehead atoms. The third-order valence-electron chi connectivity index (χ3n) is 7.03. The number of anilines is 2. The van der Waals surface area contributed by atoms with E-state index in [9.17, 15) is 9.59 Å². The van der Waals surface area contributed by atoms with Crippen molar-refractivity contribution in [1.82, 2.24) is 19.5 Å². The number of benzene rings is 1. The normalized spacial score (nSPS) is 12.0. The van der Waals surface area contributed by atoms with E-state index in [4.69, 9.17) is 14.5 Å². The first-order valence-electron chi connectivity index (χ1n) is 13.6. The van der Waals surface area contributed by atoms with E-state index in [2.05, 4.69) is 33.6 Å². The van der Waals surface area contributed by atoms with E-state index < -0.39 is 5.97 Å². The molecule has 0 aliphatic heterocycles. The Morgan fingerprint density at radius 3 is 2.73 bits per heavy atom. The molecule has 0 aliphatic carbocycles. The van der Waals surface area contributed by atoms with Crippen LogP contribution in [0.5, 0.6) is 0 Å². The summed E-state index contributed by atoms with van der Waals surface area (Å²) in [7, 11) is 2.87. The molecule has 10 nitrogen and oxygen atoms in total. The number of para-hydroxylation sites is 1. The van der Waals surface area contributed by atoms with Gasteiger partial charge in [-0.1, -0.05) is 24.3 Å². The van der Waals surface area contributed by atoms with Gasteiger partial charge in [0.15, 0.2) is 5.69 Å². The average Bonchev–Trinajstić information content (AvgIpc) is 3.53. The molecule has 1 aromatic carbocycles. The standard InChI is InChI=1S/C31H34N6O4/c1-20(15-21-7-6-12-32-17-21)35-23-16-25-28(36-27(38)11-14-40-2)29(31(39)41-3)37(30(25)34-19-23)13-10-22-18-33-26-9-5-4-8-24(22)26/h4-9,12,16-20,33,35H,10-11,13-15H2,1-3H3,(H,36,38)/t20-/m0/s1. The molecule has 0 unspecified atom stereocenters. The maximum Gasteiger partial charge on any atom is 0.356 e. The smallest absolute Gasteiger partial charge is 0.356 e. The Morgan fingerprint density at radius 2 is 1.95 bits per heavy atom. The summed E-state index contributed by atoms with van der Waals surface area (Å²) in [6.45, 7) is 2.79. The summed E-state index contributed by atoms with van der Waals surface area (Å²) in [5.41, 5.74) is 5.26. The molecule has 3 N–H and O–H groups in total. The maximum absolute atomic E-state index is 13.2. The number of amides is 1. The zero-order chi connectivity index (χ0) is 28.8. The van der Waals surface area contributed by atoms with Crippen LogP contribution in [0.25, 0.3) is 21.9 Å².